The van der Waals surface area contributed by atoms with Gasteiger partial charge in [-0.25, -0.2) is 12.7 Å². The Hall–Kier alpha value is -2.05. The van der Waals surface area contributed by atoms with E-state index in [1.54, 1.807) is 18.2 Å². The van der Waals surface area contributed by atoms with E-state index in [0.717, 1.165) is 4.31 Å². The Morgan fingerprint density at radius 2 is 1.80 bits per heavy atom. The first-order chi connectivity index (χ1) is 11.8. The van der Waals surface area contributed by atoms with Gasteiger partial charge < -0.3 is 4.74 Å². The van der Waals surface area contributed by atoms with Crippen molar-refractivity contribution in [1.29, 1.82) is 0 Å². The van der Waals surface area contributed by atoms with Crippen LogP contribution in [0.25, 0.3) is 0 Å². The number of carbonyl (C=O) groups is 1. The molecule has 1 amide bonds. The smallest absolute Gasteiger partial charge is 0.270 e. The van der Waals surface area contributed by atoms with Crippen LogP contribution >= 0.6 is 11.6 Å². The Balaban J connectivity index is 2.58. The molecule has 0 saturated heterocycles. The van der Waals surface area contributed by atoms with E-state index in [4.69, 9.17) is 16.3 Å². The summed E-state index contributed by atoms with van der Waals surface area (Å²) in [6.07, 6.45) is 0.0930. The summed E-state index contributed by atoms with van der Waals surface area (Å²) in [4.78, 5) is 12.8. The van der Waals surface area contributed by atoms with Crippen LogP contribution in [0.15, 0.2) is 53.4 Å². The number of sulfonamides is 1. The van der Waals surface area contributed by atoms with E-state index >= 15 is 0 Å². The van der Waals surface area contributed by atoms with Crippen LogP contribution in [0.1, 0.15) is 20.3 Å². The summed E-state index contributed by atoms with van der Waals surface area (Å²) in [5, 5.41) is 0.227. The van der Waals surface area contributed by atoms with Crippen LogP contribution in [0.3, 0.4) is 0 Å². The topological polar surface area (TPSA) is 63.7 Å². The van der Waals surface area contributed by atoms with Crippen molar-refractivity contribution in [1.82, 2.24) is 0 Å². The standard InChI is InChI=1S/C18H20ClNO4S/c1-13(2)11-18(21)20(14-9-10-17(24-3)16(19)12-14)25(22,23)15-7-5-4-6-8-15/h4-10,12-13H,11H2,1-3H3. The number of anilines is 1. The summed E-state index contributed by atoms with van der Waals surface area (Å²) in [6.45, 7) is 3.71. The quantitative estimate of drug-likeness (QED) is 0.755. The van der Waals surface area contributed by atoms with Gasteiger partial charge in [-0.15, -0.1) is 0 Å². The van der Waals surface area contributed by atoms with Gasteiger partial charge in [0.15, 0.2) is 0 Å². The predicted molar refractivity (Wildman–Crippen MR) is 98.6 cm³/mol. The zero-order valence-electron chi connectivity index (χ0n) is 14.3. The van der Waals surface area contributed by atoms with Crippen molar-refractivity contribution in [3.63, 3.8) is 0 Å². The fraction of sp³-hybridized carbons (Fsp3) is 0.278. The molecular weight excluding hydrogens is 362 g/mol. The molecule has 25 heavy (non-hydrogen) atoms. The van der Waals surface area contributed by atoms with Gasteiger partial charge >= 0.3 is 0 Å². The molecule has 5 nitrogen and oxygen atoms in total. The van der Waals surface area contributed by atoms with E-state index in [2.05, 4.69) is 0 Å². The van der Waals surface area contributed by atoms with Gasteiger partial charge in [-0.05, 0) is 36.2 Å². The Morgan fingerprint density at radius 3 is 2.32 bits per heavy atom. The molecule has 0 radical (unpaired) electrons. The van der Waals surface area contributed by atoms with Gasteiger partial charge in [-0.1, -0.05) is 43.6 Å². The molecule has 0 fully saturated rings. The summed E-state index contributed by atoms with van der Waals surface area (Å²) in [5.74, 6) is -0.103. The molecule has 0 bridgehead atoms. The molecule has 0 unspecified atom stereocenters. The first kappa shape index (κ1) is 19.3. The minimum atomic E-state index is -4.05. The zero-order chi connectivity index (χ0) is 18.6. The molecule has 0 saturated carbocycles. The number of rotatable bonds is 6. The SMILES string of the molecule is COc1ccc(N(C(=O)CC(C)C)S(=O)(=O)c2ccccc2)cc1Cl. The van der Waals surface area contributed by atoms with Crippen LogP contribution in [0, 0.1) is 5.92 Å². The van der Waals surface area contributed by atoms with Crippen molar-refractivity contribution < 1.29 is 17.9 Å². The van der Waals surface area contributed by atoms with Crippen LogP contribution < -0.4 is 9.04 Å². The number of hydrogen-bond acceptors (Lipinski definition) is 4. The van der Waals surface area contributed by atoms with Gasteiger partial charge in [-0.2, -0.15) is 0 Å². The number of ether oxygens (including phenoxy) is 1. The largest absolute Gasteiger partial charge is 0.495 e. The van der Waals surface area contributed by atoms with Crippen molar-refractivity contribution in [3.05, 3.63) is 53.6 Å². The first-order valence-electron chi connectivity index (χ1n) is 7.74. The summed E-state index contributed by atoms with van der Waals surface area (Å²) in [7, 11) is -2.59. The molecule has 0 aromatic heterocycles. The monoisotopic (exact) mass is 381 g/mol. The summed E-state index contributed by atoms with van der Waals surface area (Å²) in [6, 6.07) is 12.3. The van der Waals surface area contributed by atoms with Gasteiger partial charge in [0.2, 0.25) is 5.91 Å². The van der Waals surface area contributed by atoms with Crippen LogP contribution in [0.4, 0.5) is 5.69 Å². The Kier molecular flexibility index (Phi) is 6.08. The molecule has 0 spiro atoms. The van der Waals surface area contributed by atoms with E-state index in [1.165, 1.54) is 37.4 Å². The highest BCUT2D eigenvalue weighted by Crippen LogP contribution is 2.32. The van der Waals surface area contributed by atoms with E-state index in [9.17, 15) is 13.2 Å². The van der Waals surface area contributed by atoms with Gasteiger partial charge in [0, 0.05) is 6.42 Å². The van der Waals surface area contributed by atoms with Crippen molar-refractivity contribution in [2.24, 2.45) is 5.92 Å². The molecule has 0 N–H and O–H groups in total. The third-order valence-electron chi connectivity index (χ3n) is 3.46. The molecule has 0 atom stereocenters. The molecule has 0 aliphatic heterocycles. The predicted octanol–water partition coefficient (Wildman–Crippen LogP) is 4.12. The van der Waals surface area contributed by atoms with Crippen molar-refractivity contribution in [2.75, 3.05) is 11.4 Å². The van der Waals surface area contributed by atoms with Crippen LogP contribution in [-0.2, 0) is 14.8 Å². The first-order valence-corrected chi connectivity index (χ1v) is 9.56. The number of benzene rings is 2. The van der Waals surface area contributed by atoms with Gasteiger partial charge in [-0.3, -0.25) is 4.79 Å². The molecule has 0 aliphatic rings. The van der Waals surface area contributed by atoms with Gasteiger partial charge in [0.05, 0.1) is 22.7 Å². The van der Waals surface area contributed by atoms with E-state index in [0.29, 0.717) is 5.75 Å². The highest BCUT2D eigenvalue weighted by atomic mass is 35.5. The van der Waals surface area contributed by atoms with Crippen molar-refractivity contribution in [3.8, 4) is 5.75 Å². The average Bonchev–Trinajstić information content (AvgIpc) is 2.55. The fourth-order valence-corrected chi connectivity index (χ4v) is 4.03. The highest BCUT2D eigenvalue weighted by Gasteiger charge is 2.31. The highest BCUT2D eigenvalue weighted by molar-refractivity contribution is 7.93. The summed E-state index contributed by atoms with van der Waals surface area (Å²) in [5.41, 5.74) is 0.181. The molecule has 0 heterocycles. The fourth-order valence-electron chi connectivity index (χ4n) is 2.33. The lowest BCUT2D eigenvalue weighted by atomic mass is 10.1. The average molecular weight is 382 g/mol. The summed E-state index contributed by atoms with van der Waals surface area (Å²) >= 11 is 6.12. The molecule has 2 aromatic carbocycles. The number of methoxy groups -OCH3 is 1. The number of amides is 1. The maximum atomic E-state index is 13.1. The van der Waals surface area contributed by atoms with E-state index in [1.807, 2.05) is 13.8 Å². The second-order valence-electron chi connectivity index (χ2n) is 5.89. The number of halogens is 1. The lowest BCUT2D eigenvalue weighted by Crippen LogP contribution is -2.37. The number of hydrogen-bond donors (Lipinski definition) is 0. The molecule has 2 aromatic rings. The molecule has 2 rings (SSSR count). The Bertz CT molecular complexity index is 851. The van der Waals surface area contributed by atoms with Crippen molar-refractivity contribution >= 4 is 33.2 Å². The van der Waals surface area contributed by atoms with Crippen molar-refractivity contribution in [2.45, 2.75) is 25.2 Å². The number of carbonyl (C=O) groups excluding carboxylic acids is 1. The second-order valence-corrected chi connectivity index (χ2v) is 8.09. The minimum Gasteiger partial charge on any atom is -0.495 e. The lowest BCUT2D eigenvalue weighted by molar-refractivity contribution is -0.118. The van der Waals surface area contributed by atoms with Crippen LogP contribution in [-0.4, -0.2) is 21.4 Å². The minimum absolute atomic E-state index is 0.00898. The molecular formula is C18H20ClNO4S. The number of nitrogens with zero attached hydrogens (tertiary/aromatic N) is 1. The normalized spacial score (nSPS) is 11.4. The maximum absolute atomic E-state index is 13.1. The lowest BCUT2D eigenvalue weighted by Gasteiger charge is -2.24. The Morgan fingerprint density at radius 1 is 1.16 bits per heavy atom. The molecule has 134 valence electrons. The van der Waals surface area contributed by atoms with Gasteiger partial charge in [0.25, 0.3) is 10.0 Å². The van der Waals surface area contributed by atoms with E-state index in [-0.39, 0.29) is 27.9 Å². The maximum Gasteiger partial charge on any atom is 0.270 e. The third-order valence-corrected chi connectivity index (χ3v) is 5.52. The van der Waals surface area contributed by atoms with E-state index < -0.39 is 15.9 Å². The Labute approximate surface area is 153 Å². The summed E-state index contributed by atoms with van der Waals surface area (Å²) < 4.78 is 32.0. The zero-order valence-corrected chi connectivity index (χ0v) is 15.8. The van der Waals surface area contributed by atoms with Gasteiger partial charge in [0.1, 0.15) is 5.75 Å². The van der Waals surface area contributed by atoms with Crippen LogP contribution in [0.2, 0.25) is 5.02 Å². The third kappa shape index (κ3) is 4.32. The second kappa shape index (κ2) is 7.89. The molecule has 7 heteroatoms. The molecule has 0 aliphatic carbocycles. The van der Waals surface area contributed by atoms with Crippen LogP contribution in [0.5, 0.6) is 5.75 Å².